The van der Waals surface area contributed by atoms with E-state index in [0.717, 1.165) is 11.3 Å². The molecule has 0 radical (unpaired) electrons. The van der Waals surface area contributed by atoms with Gasteiger partial charge >= 0.3 is 5.97 Å². The molecular weight excluding hydrogens is 266 g/mol. The highest BCUT2D eigenvalue weighted by Crippen LogP contribution is 2.18. The molecule has 0 fully saturated rings. The van der Waals surface area contributed by atoms with Crippen molar-refractivity contribution < 1.29 is 13.9 Å². The van der Waals surface area contributed by atoms with Crippen LogP contribution in [0.4, 0.5) is 0 Å². The minimum Gasteiger partial charge on any atom is -0.462 e. The van der Waals surface area contributed by atoms with Crippen molar-refractivity contribution in [3.8, 4) is 0 Å². The average Bonchev–Trinajstić information content (AvgIpc) is 3.05. The maximum absolute atomic E-state index is 11.7. The van der Waals surface area contributed by atoms with Crippen molar-refractivity contribution >= 4 is 24.0 Å². The number of cyclic esters (lactones) is 1. The topological polar surface area (TPSA) is 51.8 Å². The van der Waals surface area contributed by atoms with Gasteiger partial charge < -0.3 is 9.15 Å². The fraction of sp³-hybridized carbons (Fsp3) is 0.0588. The fourth-order valence-corrected chi connectivity index (χ4v) is 1.89. The molecule has 0 saturated heterocycles. The van der Waals surface area contributed by atoms with Gasteiger partial charge in [0, 0.05) is 12.2 Å². The first-order chi connectivity index (χ1) is 10.2. The smallest absolute Gasteiger partial charge is 0.363 e. The van der Waals surface area contributed by atoms with Crippen LogP contribution in [0.2, 0.25) is 0 Å². The van der Waals surface area contributed by atoms with Crippen LogP contribution in [0.3, 0.4) is 0 Å². The number of benzene rings is 1. The van der Waals surface area contributed by atoms with E-state index in [1.54, 1.807) is 18.2 Å². The summed E-state index contributed by atoms with van der Waals surface area (Å²) in [5.74, 6) is 1.16. The van der Waals surface area contributed by atoms with Gasteiger partial charge in [0.05, 0.1) is 0 Å². The van der Waals surface area contributed by atoms with Gasteiger partial charge in [0.1, 0.15) is 11.5 Å². The summed E-state index contributed by atoms with van der Waals surface area (Å²) in [6.45, 7) is 1.84. The maximum Gasteiger partial charge on any atom is 0.363 e. The Balaban J connectivity index is 1.79. The van der Waals surface area contributed by atoms with Crippen LogP contribution in [0.1, 0.15) is 17.1 Å². The summed E-state index contributed by atoms with van der Waals surface area (Å²) in [6, 6.07) is 13.3. The highest BCUT2D eigenvalue weighted by molar-refractivity contribution is 6.11. The van der Waals surface area contributed by atoms with E-state index >= 15 is 0 Å². The van der Waals surface area contributed by atoms with Crippen LogP contribution in [-0.2, 0) is 9.53 Å². The largest absolute Gasteiger partial charge is 0.462 e. The SMILES string of the molecule is Cc1ccc(C=C2N=C(C=Cc3ccccc3)OC2=O)o1. The Bertz CT molecular complexity index is 751. The molecule has 0 saturated carbocycles. The quantitative estimate of drug-likeness (QED) is 0.637. The lowest BCUT2D eigenvalue weighted by Crippen LogP contribution is -2.00. The monoisotopic (exact) mass is 279 g/mol. The Labute approximate surface area is 122 Å². The zero-order valence-electron chi connectivity index (χ0n) is 11.4. The Morgan fingerprint density at radius 2 is 1.86 bits per heavy atom. The number of hydrogen-bond donors (Lipinski definition) is 0. The van der Waals surface area contributed by atoms with E-state index in [1.807, 2.05) is 49.4 Å². The molecule has 2 aromatic rings. The molecule has 3 rings (SSSR count). The minimum atomic E-state index is -0.475. The highest BCUT2D eigenvalue weighted by Gasteiger charge is 2.21. The van der Waals surface area contributed by atoms with E-state index < -0.39 is 5.97 Å². The number of furan rings is 1. The van der Waals surface area contributed by atoms with Crippen LogP contribution in [-0.4, -0.2) is 11.9 Å². The standard InChI is InChI=1S/C17H13NO3/c1-12-7-9-14(20-12)11-15-17(19)21-16(18-15)10-8-13-5-3-2-4-6-13/h2-11H,1H3. The van der Waals surface area contributed by atoms with Gasteiger partial charge in [0.25, 0.3) is 0 Å². The van der Waals surface area contributed by atoms with Crippen molar-refractivity contribution in [2.24, 2.45) is 4.99 Å². The van der Waals surface area contributed by atoms with Gasteiger partial charge in [-0.2, -0.15) is 0 Å². The van der Waals surface area contributed by atoms with Crippen molar-refractivity contribution in [3.63, 3.8) is 0 Å². The molecule has 1 aromatic carbocycles. The molecule has 0 unspecified atom stereocenters. The zero-order chi connectivity index (χ0) is 14.7. The summed E-state index contributed by atoms with van der Waals surface area (Å²) >= 11 is 0. The second-order valence-electron chi connectivity index (χ2n) is 4.56. The van der Waals surface area contributed by atoms with Crippen molar-refractivity contribution in [2.45, 2.75) is 6.92 Å². The van der Waals surface area contributed by atoms with Gasteiger partial charge in [-0.3, -0.25) is 0 Å². The van der Waals surface area contributed by atoms with E-state index in [2.05, 4.69) is 4.99 Å². The third-order valence-corrected chi connectivity index (χ3v) is 2.90. The molecule has 1 aliphatic rings. The summed E-state index contributed by atoms with van der Waals surface area (Å²) in [7, 11) is 0. The molecule has 0 aliphatic carbocycles. The first kappa shape index (κ1) is 13.1. The molecule has 21 heavy (non-hydrogen) atoms. The Morgan fingerprint density at radius 3 is 2.57 bits per heavy atom. The molecule has 4 nitrogen and oxygen atoms in total. The number of nitrogens with zero attached hydrogens (tertiary/aromatic N) is 1. The highest BCUT2D eigenvalue weighted by atomic mass is 16.6. The van der Waals surface area contributed by atoms with Crippen molar-refractivity contribution in [3.05, 3.63) is 71.3 Å². The number of carbonyl (C=O) groups is 1. The third kappa shape index (κ3) is 3.17. The van der Waals surface area contributed by atoms with Crippen molar-refractivity contribution in [1.82, 2.24) is 0 Å². The number of hydrogen-bond acceptors (Lipinski definition) is 4. The van der Waals surface area contributed by atoms with E-state index in [0.29, 0.717) is 5.76 Å². The van der Waals surface area contributed by atoms with Crippen molar-refractivity contribution in [2.75, 3.05) is 0 Å². The van der Waals surface area contributed by atoms with Crippen molar-refractivity contribution in [1.29, 1.82) is 0 Å². The maximum atomic E-state index is 11.7. The molecule has 1 aliphatic heterocycles. The predicted octanol–water partition coefficient (Wildman–Crippen LogP) is 3.60. The number of aliphatic imine (C=N–C) groups is 1. The van der Waals surface area contributed by atoms with Gasteiger partial charge in [-0.15, -0.1) is 0 Å². The second kappa shape index (κ2) is 5.63. The predicted molar refractivity (Wildman–Crippen MR) is 80.4 cm³/mol. The Hall–Kier alpha value is -2.88. The number of carbonyl (C=O) groups excluding carboxylic acids is 1. The first-order valence-electron chi connectivity index (χ1n) is 6.53. The Morgan fingerprint density at radius 1 is 1.05 bits per heavy atom. The molecule has 0 bridgehead atoms. The van der Waals surface area contributed by atoms with E-state index in [1.165, 1.54) is 0 Å². The number of esters is 1. The molecule has 104 valence electrons. The summed E-state index contributed by atoms with van der Waals surface area (Å²) in [5.41, 5.74) is 1.24. The van der Waals surface area contributed by atoms with Crippen LogP contribution in [0, 0.1) is 6.92 Å². The molecule has 0 spiro atoms. The zero-order valence-corrected chi connectivity index (χ0v) is 11.4. The molecule has 1 aromatic heterocycles. The van der Waals surface area contributed by atoms with Gasteiger partial charge in [0.2, 0.25) is 5.90 Å². The van der Waals surface area contributed by atoms with E-state index in [-0.39, 0.29) is 11.6 Å². The van der Waals surface area contributed by atoms with Crippen LogP contribution in [0.5, 0.6) is 0 Å². The lowest BCUT2D eigenvalue weighted by Gasteiger charge is -1.92. The third-order valence-electron chi connectivity index (χ3n) is 2.90. The van der Waals surface area contributed by atoms with Crippen LogP contribution in [0.15, 0.2) is 63.6 Å². The van der Waals surface area contributed by atoms with Crippen LogP contribution in [0.25, 0.3) is 12.2 Å². The summed E-state index contributed by atoms with van der Waals surface area (Å²) in [6.07, 6.45) is 5.08. The molecule has 0 N–H and O–H groups in total. The number of rotatable bonds is 3. The minimum absolute atomic E-state index is 0.233. The molecule has 4 heteroatoms. The number of ether oxygens (including phenoxy) is 1. The second-order valence-corrected chi connectivity index (χ2v) is 4.56. The van der Waals surface area contributed by atoms with E-state index in [4.69, 9.17) is 9.15 Å². The average molecular weight is 279 g/mol. The summed E-state index contributed by atoms with van der Waals surface area (Å²) in [5, 5.41) is 0. The summed E-state index contributed by atoms with van der Waals surface area (Å²) < 4.78 is 10.5. The van der Waals surface area contributed by atoms with Gasteiger partial charge in [-0.1, -0.05) is 30.3 Å². The van der Waals surface area contributed by atoms with Gasteiger partial charge in [0.15, 0.2) is 5.70 Å². The van der Waals surface area contributed by atoms with Crippen LogP contribution < -0.4 is 0 Å². The number of aryl methyl sites for hydroxylation is 1. The fourth-order valence-electron chi connectivity index (χ4n) is 1.89. The lowest BCUT2D eigenvalue weighted by molar-refractivity contribution is -0.129. The molecule has 2 heterocycles. The molecular formula is C17H13NO3. The molecule has 0 atom stereocenters. The Kier molecular flexibility index (Phi) is 3.51. The van der Waals surface area contributed by atoms with E-state index in [9.17, 15) is 4.79 Å². The van der Waals surface area contributed by atoms with Gasteiger partial charge in [-0.25, -0.2) is 9.79 Å². The van der Waals surface area contributed by atoms with Gasteiger partial charge in [-0.05, 0) is 30.7 Å². The normalized spacial score (nSPS) is 16.5. The first-order valence-corrected chi connectivity index (χ1v) is 6.53. The summed E-state index contributed by atoms with van der Waals surface area (Å²) in [4.78, 5) is 15.9. The lowest BCUT2D eigenvalue weighted by atomic mass is 10.2. The van der Waals surface area contributed by atoms with Crippen LogP contribution >= 0.6 is 0 Å². The molecule has 0 amide bonds.